The van der Waals surface area contributed by atoms with Gasteiger partial charge in [-0.2, -0.15) is 5.10 Å². The van der Waals surface area contributed by atoms with Crippen LogP contribution in [0.2, 0.25) is 5.02 Å². The van der Waals surface area contributed by atoms with Gasteiger partial charge in [0, 0.05) is 6.04 Å². The topological polar surface area (TPSA) is 129 Å². The lowest BCUT2D eigenvalue weighted by Gasteiger charge is -2.14. The number of benzene rings is 1. The molecule has 2 amide bonds. The van der Waals surface area contributed by atoms with Crippen LogP contribution in [-0.4, -0.2) is 43.3 Å². The van der Waals surface area contributed by atoms with E-state index < -0.39 is 24.4 Å². The van der Waals surface area contributed by atoms with Crippen LogP contribution in [0.25, 0.3) is 0 Å². The number of rotatable bonds is 9. The Bertz CT molecular complexity index is 723. The molecule has 10 heteroatoms. The van der Waals surface area contributed by atoms with Crippen molar-refractivity contribution in [2.75, 3.05) is 13.2 Å². The van der Waals surface area contributed by atoms with E-state index in [0.29, 0.717) is 12.0 Å². The third kappa shape index (κ3) is 7.53. The average Bonchev–Trinajstić information content (AvgIpc) is 2.60. The zero-order valence-electron chi connectivity index (χ0n) is 15.2. The van der Waals surface area contributed by atoms with Crippen molar-refractivity contribution < 1.29 is 29.0 Å². The highest BCUT2D eigenvalue weighted by atomic mass is 35.5. The second-order valence-corrected chi connectivity index (χ2v) is 5.81. The van der Waals surface area contributed by atoms with Gasteiger partial charge in [-0.05, 0) is 38.0 Å². The molecule has 2 N–H and O–H groups in total. The number of carbonyl (C=O) groups excluding carboxylic acids is 3. The molecule has 1 rings (SSSR count). The van der Waals surface area contributed by atoms with Gasteiger partial charge in [-0.15, -0.1) is 0 Å². The minimum absolute atomic E-state index is 0.0526. The van der Waals surface area contributed by atoms with Gasteiger partial charge in [0.2, 0.25) is 0 Å². The van der Waals surface area contributed by atoms with Gasteiger partial charge in [0.15, 0.2) is 11.5 Å². The first-order chi connectivity index (χ1) is 12.8. The van der Waals surface area contributed by atoms with Crippen molar-refractivity contribution in [3.63, 3.8) is 0 Å². The summed E-state index contributed by atoms with van der Waals surface area (Å²) < 4.78 is 10.4. The molecule has 0 fully saturated rings. The largest absolute Gasteiger partial charge is 0.546 e. The van der Waals surface area contributed by atoms with Crippen LogP contribution < -0.4 is 25.3 Å². The average molecular weight is 399 g/mol. The molecule has 0 aromatic heterocycles. The monoisotopic (exact) mass is 398 g/mol. The number of hydrazone groups is 1. The number of amides is 2. The molecule has 0 bridgehead atoms. The minimum Gasteiger partial charge on any atom is -0.546 e. The number of carboxylic acid groups (broad SMARTS) is 1. The minimum atomic E-state index is -1.41. The lowest BCUT2D eigenvalue weighted by atomic mass is 10.2. The fourth-order valence-corrected chi connectivity index (χ4v) is 2.08. The standard InChI is InChI=1S/C17H22ClN3O6/c1-4-10(3)20-16(24)17(25)21-19-8-11-6-12(18)15(27-9-14(22)23)13(7-11)26-5-2/h6-8,10H,4-5,9H2,1-3H3,(H,20,24)(H,21,25)(H,22,23)/p-1/b19-8-/t10-/m1/s1. The quantitative estimate of drug-likeness (QED) is 0.348. The summed E-state index contributed by atoms with van der Waals surface area (Å²) in [5.41, 5.74) is 2.54. The molecule has 0 aliphatic heterocycles. The number of carboxylic acids is 1. The van der Waals surface area contributed by atoms with Gasteiger partial charge in [0.05, 0.1) is 23.8 Å². The summed E-state index contributed by atoms with van der Waals surface area (Å²) in [6.45, 7) is 4.98. The van der Waals surface area contributed by atoms with Crippen LogP contribution >= 0.6 is 11.6 Å². The van der Waals surface area contributed by atoms with Crippen molar-refractivity contribution in [3.05, 3.63) is 22.7 Å². The van der Waals surface area contributed by atoms with Gasteiger partial charge in [-0.25, -0.2) is 5.43 Å². The lowest BCUT2D eigenvalue weighted by Crippen LogP contribution is -2.41. The Hall–Kier alpha value is -2.81. The number of nitrogens with one attached hydrogen (secondary N) is 2. The van der Waals surface area contributed by atoms with Crippen LogP contribution in [-0.2, 0) is 14.4 Å². The van der Waals surface area contributed by atoms with Crippen molar-refractivity contribution in [1.82, 2.24) is 10.7 Å². The van der Waals surface area contributed by atoms with E-state index in [9.17, 15) is 19.5 Å². The van der Waals surface area contributed by atoms with E-state index in [2.05, 4.69) is 15.8 Å². The first kappa shape index (κ1) is 22.2. The number of hydrogen-bond donors (Lipinski definition) is 2. The zero-order chi connectivity index (χ0) is 20.4. The van der Waals surface area contributed by atoms with Crippen molar-refractivity contribution in [2.45, 2.75) is 33.2 Å². The molecule has 0 spiro atoms. The van der Waals surface area contributed by atoms with Crippen LogP contribution in [0.3, 0.4) is 0 Å². The predicted octanol–water partition coefficient (Wildman–Crippen LogP) is 0.232. The van der Waals surface area contributed by atoms with Gasteiger partial charge >= 0.3 is 11.8 Å². The Morgan fingerprint density at radius 1 is 1.26 bits per heavy atom. The van der Waals surface area contributed by atoms with Gasteiger partial charge in [0.1, 0.15) is 6.61 Å². The first-order valence-electron chi connectivity index (χ1n) is 8.21. The molecule has 0 unspecified atom stereocenters. The number of halogens is 1. The molecule has 0 aliphatic rings. The molecule has 0 saturated carbocycles. The van der Waals surface area contributed by atoms with Crippen LogP contribution in [0.5, 0.6) is 11.5 Å². The molecule has 1 aromatic rings. The molecule has 0 radical (unpaired) electrons. The van der Waals surface area contributed by atoms with Crippen LogP contribution in [0.15, 0.2) is 17.2 Å². The number of ether oxygens (including phenoxy) is 2. The number of nitrogens with zero attached hydrogens (tertiary/aromatic N) is 1. The van der Waals surface area contributed by atoms with Crippen molar-refractivity contribution in [1.29, 1.82) is 0 Å². The maximum Gasteiger partial charge on any atom is 0.329 e. The molecule has 1 atom stereocenters. The highest BCUT2D eigenvalue weighted by Crippen LogP contribution is 2.36. The lowest BCUT2D eigenvalue weighted by molar-refractivity contribution is -0.307. The Labute approximate surface area is 161 Å². The summed E-state index contributed by atoms with van der Waals surface area (Å²) in [7, 11) is 0. The van der Waals surface area contributed by atoms with E-state index in [-0.39, 0.29) is 29.2 Å². The van der Waals surface area contributed by atoms with Crippen LogP contribution in [0.1, 0.15) is 32.8 Å². The molecule has 148 valence electrons. The van der Waals surface area contributed by atoms with E-state index in [4.69, 9.17) is 21.1 Å². The molecular formula is C17H21ClN3O6-. The van der Waals surface area contributed by atoms with Crippen molar-refractivity contribution in [2.24, 2.45) is 5.10 Å². The maximum atomic E-state index is 11.7. The van der Waals surface area contributed by atoms with E-state index in [1.165, 1.54) is 18.3 Å². The summed E-state index contributed by atoms with van der Waals surface area (Å²) in [6, 6.07) is 2.80. The summed E-state index contributed by atoms with van der Waals surface area (Å²) in [5, 5.41) is 16.8. The van der Waals surface area contributed by atoms with E-state index >= 15 is 0 Å². The van der Waals surface area contributed by atoms with Crippen molar-refractivity contribution in [3.8, 4) is 11.5 Å². The Morgan fingerprint density at radius 3 is 2.56 bits per heavy atom. The second-order valence-electron chi connectivity index (χ2n) is 5.41. The molecule has 0 saturated heterocycles. The van der Waals surface area contributed by atoms with Gasteiger partial charge in [-0.3, -0.25) is 9.59 Å². The Morgan fingerprint density at radius 2 is 1.96 bits per heavy atom. The summed E-state index contributed by atoms with van der Waals surface area (Å²) in [4.78, 5) is 33.8. The number of aliphatic carboxylic acids is 1. The number of carbonyl (C=O) groups is 3. The van der Waals surface area contributed by atoms with E-state index in [0.717, 1.165) is 0 Å². The molecule has 1 aromatic carbocycles. The van der Waals surface area contributed by atoms with Gasteiger partial charge in [-0.1, -0.05) is 18.5 Å². The van der Waals surface area contributed by atoms with E-state index in [1.807, 2.05) is 6.92 Å². The highest BCUT2D eigenvalue weighted by Gasteiger charge is 2.15. The Balaban J connectivity index is 2.85. The maximum absolute atomic E-state index is 11.7. The molecule has 0 heterocycles. The highest BCUT2D eigenvalue weighted by molar-refractivity contribution is 6.35. The van der Waals surface area contributed by atoms with Crippen LogP contribution in [0, 0.1) is 0 Å². The summed E-state index contributed by atoms with van der Waals surface area (Å²) in [6.07, 6.45) is 1.94. The second kappa shape index (κ2) is 11.0. The normalized spacial score (nSPS) is 11.7. The molecular weight excluding hydrogens is 378 g/mol. The third-order valence-corrected chi connectivity index (χ3v) is 3.52. The zero-order valence-corrected chi connectivity index (χ0v) is 16.0. The van der Waals surface area contributed by atoms with Crippen molar-refractivity contribution >= 4 is 35.6 Å². The van der Waals surface area contributed by atoms with E-state index in [1.54, 1.807) is 13.8 Å². The third-order valence-electron chi connectivity index (χ3n) is 3.24. The fraction of sp³-hybridized carbons (Fsp3) is 0.412. The first-order valence-corrected chi connectivity index (χ1v) is 8.59. The fourth-order valence-electron chi connectivity index (χ4n) is 1.80. The molecule has 0 aliphatic carbocycles. The predicted molar refractivity (Wildman–Crippen MR) is 96.8 cm³/mol. The Kier molecular flexibility index (Phi) is 9.07. The van der Waals surface area contributed by atoms with Gasteiger partial charge in [0.25, 0.3) is 0 Å². The summed E-state index contributed by atoms with van der Waals surface area (Å²) in [5.74, 6) is -2.85. The molecule has 9 nitrogen and oxygen atoms in total. The molecule has 27 heavy (non-hydrogen) atoms. The summed E-state index contributed by atoms with van der Waals surface area (Å²) >= 11 is 6.09. The van der Waals surface area contributed by atoms with Gasteiger partial charge < -0.3 is 24.7 Å². The smallest absolute Gasteiger partial charge is 0.329 e. The SMILES string of the molecule is CCOc1cc(/C=N\NC(=O)C(=O)N[C@H](C)CC)cc(Cl)c1OCC(=O)[O-]. The number of hydrogen-bond acceptors (Lipinski definition) is 7. The van der Waals surface area contributed by atoms with Crippen LogP contribution in [0.4, 0.5) is 0 Å².